The largest absolute Gasteiger partial charge is 0.472 e. The first-order valence-electron chi connectivity index (χ1n) is 19.0. The minimum absolute atomic E-state index is 0.0743. The number of carbonyl (C=O) groups excluding carboxylic acids is 1. The van der Waals surface area contributed by atoms with E-state index in [1.165, 1.54) is 38.5 Å². The maximum absolute atomic E-state index is 12.6. The molecule has 0 fully saturated rings. The van der Waals surface area contributed by atoms with Gasteiger partial charge in [0, 0.05) is 13.0 Å². The molecule has 49 heavy (non-hydrogen) atoms. The lowest BCUT2D eigenvalue weighted by molar-refractivity contribution is -0.870. The average Bonchev–Trinajstić information content (AvgIpc) is 3.04. The number of rotatable bonds is 34. The quantitative estimate of drug-likeness (QED) is 0.0234. The van der Waals surface area contributed by atoms with Crippen molar-refractivity contribution in [2.45, 2.75) is 136 Å². The number of allylic oxidation sites excluding steroid dienone is 10. The van der Waals surface area contributed by atoms with Crippen LogP contribution in [0.15, 0.2) is 60.8 Å². The number of ether oxygens (including phenoxy) is 2. The maximum Gasteiger partial charge on any atom is 0.472 e. The summed E-state index contributed by atoms with van der Waals surface area (Å²) in [5.41, 5.74) is 0. The number of carbonyl (C=O) groups is 1. The van der Waals surface area contributed by atoms with Crippen molar-refractivity contribution in [1.82, 2.24) is 0 Å². The number of phosphoric ester groups is 1. The summed E-state index contributed by atoms with van der Waals surface area (Å²) in [6, 6.07) is 0. The Morgan fingerprint density at radius 3 is 1.80 bits per heavy atom. The van der Waals surface area contributed by atoms with Crippen molar-refractivity contribution in [1.29, 1.82) is 0 Å². The van der Waals surface area contributed by atoms with Crippen LogP contribution in [-0.4, -0.2) is 75.6 Å². The Labute approximate surface area is 300 Å². The monoisotopic (exact) mass is 711 g/mol. The van der Waals surface area contributed by atoms with E-state index in [0.717, 1.165) is 70.6 Å². The van der Waals surface area contributed by atoms with Gasteiger partial charge in [0.1, 0.15) is 19.3 Å². The zero-order valence-corrected chi connectivity index (χ0v) is 32.8. The molecule has 2 atom stereocenters. The van der Waals surface area contributed by atoms with E-state index in [1.807, 2.05) is 21.1 Å². The van der Waals surface area contributed by atoms with Gasteiger partial charge in [-0.3, -0.25) is 13.8 Å². The Hall–Kier alpha value is -1.80. The number of likely N-dealkylation sites (N-methyl/N-ethyl adjacent to an activating group) is 1. The Morgan fingerprint density at radius 2 is 1.18 bits per heavy atom. The van der Waals surface area contributed by atoms with Crippen LogP contribution >= 0.6 is 7.82 Å². The van der Waals surface area contributed by atoms with Crippen LogP contribution in [0.1, 0.15) is 129 Å². The van der Waals surface area contributed by atoms with Crippen LogP contribution in [0.2, 0.25) is 0 Å². The van der Waals surface area contributed by atoms with Gasteiger partial charge in [0.15, 0.2) is 0 Å². The highest BCUT2D eigenvalue weighted by Gasteiger charge is 2.26. The first kappa shape index (κ1) is 47.2. The number of quaternary nitrogens is 1. The molecule has 0 amide bonds. The summed E-state index contributed by atoms with van der Waals surface area (Å²) < 4.78 is 34.7. The zero-order chi connectivity index (χ0) is 36.3. The van der Waals surface area contributed by atoms with Gasteiger partial charge in [-0.25, -0.2) is 4.57 Å². The van der Waals surface area contributed by atoms with Gasteiger partial charge in [0.2, 0.25) is 0 Å². The number of phosphoric acid groups is 1. The molecule has 1 N–H and O–H groups in total. The van der Waals surface area contributed by atoms with Gasteiger partial charge in [-0.15, -0.1) is 0 Å². The van der Waals surface area contributed by atoms with Gasteiger partial charge in [-0.05, 0) is 70.6 Å². The van der Waals surface area contributed by atoms with E-state index in [0.29, 0.717) is 24.1 Å². The lowest BCUT2D eigenvalue weighted by Gasteiger charge is -2.24. The lowest BCUT2D eigenvalue weighted by Crippen LogP contribution is -2.37. The summed E-state index contributed by atoms with van der Waals surface area (Å²) in [6.45, 7) is 5.30. The predicted molar refractivity (Wildman–Crippen MR) is 205 cm³/mol. The predicted octanol–water partition coefficient (Wildman–Crippen LogP) is 10.6. The second-order valence-electron chi connectivity index (χ2n) is 13.6. The molecule has 0 aromatic heterocycles. The molecule has 0 aromatic carbocycles. The number of unbranched alkanes of at least 4 members (excludes halogenated alkanes) is 10. The molecule has 9 heteroatoms. The molecule has 0 saturated carbocycles. The van der Waals surface area contributed by atoms with E-state index in [4.69, 9.17) is 18.5 Å². The van der Waals surface area contributed by atoms with Gasteiger partial charge >= 0.3 is 13.8 Å². The van der Waals surface area contributed by atoms with E-state index < -0.39 is 13.9 Å². The molecule has 0 aromatic rings. The van der Waals surface area contributed by atoms with Crippen LogP contribution in [0.25, 0.3) is 0 Å². The minimum atomic E-state index is -4.29. The zero-order valence-electron chi connectivity index (χ0n) is 31.9. The maximum atomic E-state index is 12.6. The van der Waals surface area contributed by atoms with Crippen molar-refractivity contribution in [3.63, 3.8) is 0 Å². The van der Waals surface area contributed by atoms with Gasteiger partial charge < -0.3 is 18.9 Å². The molecule has 0 rings (SSSR count). The Morgan fingerprint density at radius 1 is 0.653 bits per heavy atom. The van der Waals surface area contributed by atoms with Gasteiger partial charge in [0.05, 0.1) is 34.4 Å². The fourth-order valence-corrected chi connectivity index (χ4v) is 5.35. The number of esters is 1. The fourth-order valence-electron chi connectivity index (χ4n) is 4.61. The summed E-state index contributed by atoms with van der Waals surface area (Å²) in [6.07, 6.45) is 39.8. The summed E-state index contributed by atoms with van der Waals surface area (Å²) in [4.78, 5) is 22.7. The normalized spacial score (nSPS) is 14.7. The molecular formula is C40H73NO7P+. The average molecular weight is 711 g/mol. The Kier molecular flexibility index (Phi) is 32.1. The number of nitrogens with zero attached hydrogens (tertiary/aromatic N) is 1. The van der Waals surface area contributed by atoms with Crippen molar-refractivity contribution in [2.24, 2.45) is 0 Å². The molecule has 2 unspecified atom stereocenters. The second-order valence-corrected chi connectivity index (χ2v) is 15.0. The van der Waals surface area contributed by atoms with Crippen LogP contribution in [0.5, 0.6) is 0 Å². The third kappa shape index (κ3) is 37.3. The van der Waals surface area contributed by atoms with E-state index >= 15 is 0 Å². The molecule has 0 heterocycles. The van der Waals surface area contributed by atoms with Gasteiger partial charge in [0.25, 0.3) is 0 Å². The van der Waals surface area contributed by atoms with Crippen molar-refractivity contribution in [2.75, 3.05) is 54.1 Å². The minimum Gasteiger partial charge on any atom is -0.457 e. The molecule has 0 bridgehead atoms. The van der Waals surface area contributed by atoms with E-state index in [9.17, 15) is 14.3 Å². The summed E-state index contributed by atoms with van der Waals surface area (Å²) in [5.74, 6) is -0.346. The van der Waals surface area contributed by atoms with E-state index in [2.05, 4.69) is 74.6 Å². The lowest BCUT2D eigenvalue weighted by atomic mass is 10.1. The molecule has 0 saturated heterocycles. The number of hydrogen-bond acceptors (Lipinski definition) is 6. The molecular weight excluding hydrogens is 637 g/mol. The fraction of sp³-hybridized carbons (Fsp3) is 0.725. The van der Waals surface area contributed by atoms with Crippen molar-refractivity contribution in [3.8, 4) is 0 Å². The number of hydrogen-bond donors (Lipinski definition) is 1. The van der Waals surface area contributed by atoms with Crippen LogP contribution in [0, 0.1) is 0 Å². The highest BCUT2D eigenvalue weighted by atomic mass is 31.2. The summed E-state index contributed by atoms with van der Waals surface area (Å²) >= 11 is 0. The first-order valence-corrected chi connectivity index (χ1v) is 20.5. The topological polar surface area (TPSA) is 91.3 Å². The van der Waals surface area contributed by atoms with Crippen LogP contribution in [0.4, 0.5) is 0 Å². The van der Waals surface area contributed by atoms with E-state index in [1.54, 1.807) is 0 Å². The molecule has 0 spiro atoms. The molecule has 0 aliphatic heterocycles. The third-order valence-corrected chi connectivity index (χ3v) is 8.55. The molecule has 0 aliphatic rings. The Balaban J connectivity index is 4.44. The molecule has 8 nitrogen and oxygen atoms in total. The van der Waals surface area contributed by atoms with E-state index in [-0.39, 0.29) is 25.8 Å². The van der Waals surface area contributed by atoms with Gasteiger partial charge in [-0.2, -0.15) is 0 Å². The van der Waals surface area contributed by atoms with Crippen LogP contribution in [-0.2, 0) is 27.9 Å². The first-order chi connectivity index (χ1) is 23.6. The third-order valence-electron chi connectivity index (χ3n) is 7.56. The standard InChI is InChI=1S/C40H72NO7P/c1-6-8-10-12-14-16-18-20-22-24-26-28-30-32-35-45-37-39(38-47-49(43,44)46-36-34-41(3,4)5)48-40(42)33-31-29-27-25-23-21-19-17-15-13-11-9-7-2/h8,10,14,16-17,19-20,22,26,28,39H,6-7,9,11-13,15,18,21,23-25,27,29-38H2,1-5H3/p+1/b10-8-,16-14-,19-17-,22-20-,28-26-. The van der Waals surface area contributed by atoms with Crippen LogP contribution in [0.3, 0.4) is 0 Å². The smallest absolute Gasteiger partial charge is 0.457 e. The van der Waals surface area contributed by atoms with Crippen molar-refractivity contribution in [3.05, 3.63) is 60.8 Å². The van der Waals surface area contributed by atoms with Gasteiger partial charge in [-0.1, -0.05) is 113 Å². The van der Waals surface area contributed by atoms with Crippen molar-refractivity contribution >= 4 is 13.8 Å². The SMILES string of the molecule is CC/C=C\C/C=C\C/C=C\C/C=C\CCCOCC(COP(=O)(O)OCC[N+](C)(C)C)OC(=O)CCCCCCC/C=C\CCCCCC. The highest BCUT2D eigenvalue weighted by molar-refractivity contribution is 7.47. The van der Waals surface area contributed by atoms with Crippen molar-refractivity contribution < 1.29 is 37.3 Å². The van der Waals surface area contributed by atoms with Crippen LogP contribution < -0.4 is 0 Å². The molecule has 284 valence electrons. The summed E-state index contributed by atoms with van der Waals surface area (Å²) in [7, 11) is 1.62. The highest BCUT2D eigenvalue weighted by Crippen LogP contribution is 2.43. The second kappa shape index (κ2) is 33.3. The summed E-state index contributed by atoms with van der Waals surface area (Å²) in [5, 5.41) is 0. The Bertz CT molecular complexity index is 968. The molecule has 0 radical (unpaired) electrons. The molecule has 0 aliphatic carbocycles.